The minimum atomic E-state index is -0.104. The Balaban J connectivity index is 2.03. The summed E-state index contributed by atoms with van der Waals surface area (Å²) in [5.41, 5.74) is 2.51. The van der Waals surface area contributed by atoms with E-state index in [-0.39, 0.29) is 17.5 Å². The first-order valence-electron chi connectivity index (χ1n) is 7.20. The molecule has 1 aliphatic rings. The molecule has 0 unspecified atom stereocenters. The molecule has 3 heteroatoms. The Hall–Kier alpha value is -1.35. The molecule has 1 heterocycles. The molecule has 1 atom stereocenters. The molecule has 0 saturated heterocycles. The van der Waals surface area contributed by atoms with Crippen LogP contribution < -0.4 is 10.6 Å². The van der Waals surface area contributed by atoms with Gasteiger partial charge in [0.15, 0.2) is 0 Å². The lowest BCUT2D eigenvalue weighted by Crippen LogP contribution is -2.54. The summed E-state index contributed by atoms with van der Waals surface area (Å²) in [4.78, 5) is 12.4. The second kappa shape index (κ2) is 5.74. The molecule has 0 spiro atoms. The molecular weight excluding hydrogens is 236 g/mol. The van der Waals surface area contributed by atoms with Gasteiger partial charge in [-0.25, -0.2) is 0 Å². The van der Waals surface area contributed by atoms with Crippen molar-refractivity contribution in [2.45, 2.75) is 58.2 Å². The third kappa shape index (κ3) is 3.16. The van der Waals surface area contributed by atoms with Gasteiger partial charge in [0, 0.05) is 12.1 Å². The van der Waals surface area contributed by atoms with Crippen molar-refractivity contribution in [1.29, 1.82) is 0 Å². The van der Waals surface area contributed by atoms with Crippen molar-refractivity contribution >= 4 is 5.91 Å². The number of hydrogen-bond acceptors (Lipinski definition) is 2. The normalized spacial score (nSPS) is 18.8. The number of amides is 1. The minimum absolute atomic E-state index is 0.0876. The van der Waals surface area contributed by atoms with Gasteiger partial charge in [0.25, 0.3) is 0 Å². The first-order chi connectivity index (χ1) is 9.08. The fraction of sp³-hybridized carbons (Fsp3) is 0.562. The van der Waals surface area contributed by atoms with Crippen molar-refractivity contribution < 1.29 is 4.79 Å². The van der Waals surface area contributed by atoms with Crippen molar-refractivity contribution in [2.75, 3.05) is 0 Å². The largest absolute Gasteiger partial charge is 0.350 e. The summed E-state index contributed by atoms with van der Waals surface area (Å²) in [6.07, 6.45) is 2.70. The van der Waals surface area contributed by atoms with E-state index in [0.29, 0.717) is 0 Å². The maximum Gasteiger partial charge on any atom is 0.237 e. The maximum atomic E-state index is 12.4. The van der Waals surface area contributed by atoms with E-state index in [0.717, 1.165) is 25.8 Å². The van der Waals surface area contributed by atoms with E-state index >= 15 is 0 Å². The summed E-state index contributed by atoms with van der Waals surface area (Å²) in [6, 6.07) is 8.23. The van der Waals surface area contributed by atoms with Crippen molar-refractivity contribution in [1.82, 2.24) is 10.6 Å². The Morgan fingerprint density at radius 1 is 1.32 bits per heavy atom. The Morgan fingerprint density at radius 2 is 1.95 bits per heavy atom. The van der Waals surface area contributed by atoms with Crippen molar-refractivity contribution in [2.24, 2.45) is 0 Å². The average molecular weight is 260 g/mol. The summed E-state index contributed by atoms with van der Waals surface area (Å²) in [7, 11) is 0. The molecule has 0 saturated carbocycles. The van der Waals surface area contributed by atoms with Crippen LogP contribution in [-0.2, 0) is 17.8 Å². The molecule has 19 heavy (non-hydrogen) atoms. The van der Waals surface area contributed by atoms with E-state index in [4.69, 9.17) is 0 Å². The average Bonchev–Trinajstić information content (AvgIpc) is 2.46. The van der Waals surface area contributed by atoms with Crippen LogP contribution in [0.2, 0.25) is 0 Å². The van der Waals surface area contributed by atoms with Crippen LogP contribution >= 0.6 is 0 Å². The highest BCUT2D eigenvalue weighted by Crippen LogP contribution is 2.18. The number of carbonyl (C=O) groups is 1. The van der Waals surface area contributed by atoms with Crippen LogP contribution in [-0.4, -0.2) is 17.5 Å². The predicted molar refractivity (Wildman–Crippen MR) is 77.9 cm³/mol. The van der Waals surface area contributed by atoms with E-state index in [1.165, 1.54) is 11.1 Å². The Bertz CT molecular complexity index is 452. The highest BCUT2D eigenvalue weighted by Gasteiger charge is 2.29. The van der Waals surface area contributed by atoms with Gasteiger partial charge in [-0.15, -0.1) is 0 Å². The summed E-state index contributed by atoms with van der Waals surface area (Å²) in [5.74, 6) is 0.126. The molecule has 1 amide bonds. The SMILES string of the molecule is CCC(C)(CC)NC(=O)[C@@H]1Cc2ccccc2CN1. The number of nitrogens with one attached hydrogen (secondary N) is 2. The zero-order valence-electron chi connectivity index (χ0n) is 12.1. The molecule has 1 aromatic carbocycles. The highest BCUT2D eigenvalue weighted by atomic mass is 16.2. The molecule has 0 aromatic heterocycles. The van der Waals surface area contributed by atoms with Crippen molar-refractivity contribution in [3.05, 3.63) is 35.4 Å². The molecule has 0 radical (unpaired) electrons. The number of hydrogen-bond donors (Lipinski definition) is 2. The van der Waals surface area contributed by atoms with Crippen LogP contribution in [0.1, 0.15) is 44.7 Å². The second-order valence-electron chi connectivity index (χ2n) is 5.66. The van der Waals surface area contributed by atoms with Gasteiger partial charge in [-0.1, -0.05) is 38.1 Å². The lowest BCUT2D eigenvalue weighted by molar-refractivity contribution is -0.125. The van der Waals surface area contributed by atoms with Gasteiger partial charge in [-0.05, 0) is 37.3 Å². The quantitative estimate of drug-likeness (QED) is 0.873. The molecule has 0 bridgehead atoms. The monoisotopic (exact) mass is 260 g/mol. The van der Waals surface area contributed by atoms with E-state index in [2.05, 4.69) is 43.5 Å². The second-order valence-corrected chi connectivity index (χ2v) is 5.66. The highest BCUT2D eigenvalue weighted by molar-refractivity contribution is 5.83. The molecule has 104 valence electrons. The summed E-state index contributed by atoms with van der Waals surface area (Å²) in [6.45, 7) is 7.13. The van der Waals surface area contributed by atoms with E-state index < -0.39 is 0 Å². The smallest absolute Gasteiger partial charge is 0.237 e. The van der Waals surface area contributed by atoms with Gasteiger partial charge in [0.2, 0.25) is 5.91 Å². The number of fused-ring (bicyclic) bond motifs is 1. The summed E-state index contributed by atoms with van der Waals surface area (Å²) in [5, 5.41) is 6.53. The molecule has 1 aliphatic heterocycles. The molecule has 1 aromatic rings. The van der Waals surface area contributed by atoms with E-state index in [1.54, 1.807) is 0 Å². The van der Waals surface area contributed by atoms with Gasteiger partial charge in [0.1, 0.15) is 0 Å². The topological polar surface area (TPSA) is 41.1 Å². The Morgan fingerprint density at radius 3 is 2.58 bits per heavy atom. The van der Waals surface area contributed by atoms with Gasteiger partial charge >= 0.3 is 0 Å². The maximum absolute atomic E-state index is 12.4. The zero-order valence-corrected chi connectivity index (χ0v) is 12.1. The van der Waals surface area contributed by atoms with E-state index in [9.17, 15) is 4.79 Å². The van der Waals surface area contributed by atoms with Gasteiger partial charge in [0.05, 0.1) is 6.04 Å². The third-order valence-electron chi connectivity index (χ3n) is 4.38. The van der Waals surface area contributed by atoms with Crippen LogP contribution in [0.5, 0.6) is 0 Å². The lowest BCUT2D eigenvalue weighted by Gasteiger charge is -2.32. The first kappa shape index (κ1) is 14.1. The van der Waals surface area contributed by atoms with Gasteiger partial charge in [-0.3, -0.25) is 4.79 Å². The van der Waals surface area contributed by atoms with Crippen LogP contribution in [0.15, 0.2) is 24.3 Å². The third-order valence-corrected chi connectivity index (χ3v) is 4.38. The lowest BCUT2D eigenvalue weighted by atomic mass is 9.92. The predicted octanol–water partition coefficient (Wildman–Crippen LogP) is 2.40. The molecular formula is C16H24N2O. The van der Waals surface area contributed by atoms with Gasteiger partial charge < -0.3 is 10.6 Å². The molecule has 2 rings (SSSR count). The fourth-order valence-corrected chi connectivity index (χ4v) is 2.45. The number of rotatable bonds is 4. The minimum Gasteiger partial charge on any atom is -0.350 e. The standard InChI is InChI=1S/C16H24N2O/c1-4-16(3,5-2)18-15(19)14-10-12-8-6-7-9-13(12)11-17-14/h6-9,14,17H,4-5,10-11H2,1-3H3,(H,18,19)/t14-/m0/s1. The van der Waals surface area contributed by atoms with E-state index in [1.807, 2.05) is 12.1 Å². The molecule has 2 N–H and O–H groups in total. The Kier molecular flexibility index (Phi) is 4.25. The molecule has 3 nitrogen and oxygen atoms in total. The number of benzene rings is 1. The fourth-order valence-electron chi connectivity index (χ4n) is 2.45. The van der Waals surface area contributed by atoms with Gasteiger partial charge in [-0.2, -0.15) is 0 Å². The van der Waals surface area contributed by atoms with Crippen LogP contribution in [0.3, 0.4) is 0 Å². The first-order valence-corrected chi connectivity index (χ1v) is 7.20. The summed E-state index contributed by atoms with van der Waals surface area (Å²) >= 11 is 0. The molecule has 0 aliphatic carbocycles. The van der Waals surface area contributed by atoms with Crippen molar-refractivity contribution in [3.8, 4) is 0 Å². The Labute approximate surface area is 115 Å². The van der Waals surface area contributed by atoms with Crippen LogP contribution in [0, 0.1) is 0 Å². The number of carbonyl (C=O) groups excluding carboxylic acids is 1. The van der Waals surface area contributed by atoms with Crippen LogP contribution in [0.25, 0.3) is 0 Å². The molecule has 0 fully saturated rings. The zero-order chi connectivity index (χ0) is 13.9. The van der Waals surface area contributed by atoms with Crippen molar-refractivity contribution in [3.63, 3.8) is 0 Å². The summed E-state index contributed by atoms with van der Waals surface area (Å²) < 4.78 is 0. The van der Waals surface area contributed by atoms with Crippen LogP contribution in [0.4, 0.5) is 0 Å².